The van der Waals surface area contributed by atoms with Crippen LogP contribution in [0.5, 0.6) is 5.75 Å². The van der Waals surface area contributed by atoms with Crippen LogP contribution in [0.4, 0.5) is 11.5 Å². The molecule has 0 unspecified atom stereocenters. The van der Waals surface area contributed by atoms with Crippen LogP contribution in [0.25, 0.3) is 21.9 Å². The van der Waals surface area contributed by atoms with Crippen LogP contribution in [0.1, 0.15) is 18.6 Å². The Kier molecular flexibility index (Phi) is 6.93. The monoisotopic (exact) mass is 538 g/mol. The molecule has 0 spiro atoms. The molecule has 2 aliphatic rings. The summed E-state index contributed by atoms with van der Waals surface area (Å²) in [6, 6.07) is 17.2. The van der Waals surface area contributed by atoms with Gasteiger partial charge < -0.3 is 23.9 Å². The molecule has 10 nitrogen and oxygen atoms in total. The SMILES string of the molecule is c1coc(CNCN2CCN(c3ccc4cccc(OC[C@H]5CCCN5c5ncnc6nc[nH]c56)c4c3)CC2)c1. The highest BCUT2D eigenvalue weighted by Crippen LogP contribution is 2.32. The molecule has 5 aromatic rings. The van der Waals surface area contributed by atoms with E-state index in [9.17, 15) is 0 Å². The first-order valence-corrected chi connectivity index (χ1v) is 14.1. The molecule has 40 heavy (non-hydrogen) atoms. The number of anilines is 2. The average molecular weight is 539 g/mol. The first-order valence-electron chi connectivity index (χ1n) is 14.1. The molecule has 206 valence electrons. The van der Waals surface area contributed by atoms with Gasteiger partial charge in [-0.25, -0.2) is 15.0 Å². The number of H-pyrrole nitrogens is 1. The van der Waals surface area contributed by atoms with E-state index in [2.05, 4.69) is 76.4 Å². The lowest BCUT2D eigenvalue weighted by molar-refractivity contribution is 0.235. The molecular weight excluding hydrogens is 504 g/mol. The lowest BCUT2D eigenvalue weighted by Gasteiger charge is -2.36. The van der Waals surface area contributed by atoms with Crippen LogP contribution in [-0.2, 0) is 6.54 Å². The number of benzene rings is 2. The molecule has 2 aliphatic heterocycles. The van der Waals surface area contributed by atoms with Crippen LogP contribution in [0.2, 0.25) is 0 Å². The number of aromatic nitrogens is 4. The molecule has 0 bridgehead atoms. The lowest BCUT2D eigenvalue weighted by atomic mass is 10.1. The number of aromatic amines is 1. The fourth-order valence-corrected chi connectivity index (χ4v) is 5.91. The van der Waals surface area contributed by atoms with Gasteiger partial charge in [-0.2, -0.15) is 0 Å². The molecule has 0 amide bonds. The Morgan fingerprint density at radius 3 is 2.85 bits per heavy atom. The van der Waals surface area contributed by atoms with Gasteiger partial charge >= 0.3 is 0 Å². The first-order chi connectivity index (χ1) is 19.8. The third-order valence-electron chi connectivity index (χ3n) is 8.06. The van der Waals surface area contributed by atoms with Gasteiger partial charge in [0.05, 0.1) is 25.2 Å². The van der Waals surface area contributed by atoms with Gasteiger partial charge in [-0.15, -0.1) is 0 Å². The summed E-state index contributed by atoms with van der Waals surface area (Å²) in [6.45, 7) is 7.20. The van der Waals surface area contributed by atoms with E-state index < -0.39 is 0 Å². The van der Waals surface area contributed by atoms with Crippen molar-refractivity contribution >= 4 is 33.4 Å². The maximum absolute atomic E-state index is 6.53. The number of ether oxygens (including phenoxy) is 1. The summed E-state index contributed by atoms with van der Waals surface area (Å²) in [7, 11) is 0. The Balaban J connectivity index is 1.01. The quantitative estimate of drug-likeness (QED) is 0.288. The standard InChI is InChI=1S/C30H34N8O2/c1-4-22-8-9-23(37-13-11-36(12-14-37)21-31-17-25-6-3-15-39-25)16-26(22)27(7-1)40-18-24-5-2-10-38(24)30-28-29(33-19-32-28)34-20-35-30/h1,3-4,6-9,15-16,19-20,24,31H,2,5,10-14,17-18,21H2,(H,32,33,34,35)/t24-/m1/s1. The molecular formula is C30H34N8O2. The molecule has 3 aromatic heterocycles. The van der Waals surface area contributed by atoms with Gasteiger partial charge in [-0.05, 0) is 48.6 Å². The van der Waals surface area contributed by atoms with E-state index in [4.69, 9.17) is 9.15 Å². The minimum Gasteiger partial charge on any atom is -0.491 e. The number of nitrogens with one attached hydrogen (secondary N) is 2. The smallest absolute Gasteiger partial charge is 0.182 e. The second-order valence-electron chi connectivity index (χ2n) is 10.5. The van der Waals surface area contributed by atoms with Crippen LogP contribution < -0.4 is 19.9 Å². The Bertz CT molecular complexity index is 1560. The van der Waals surface area contributed by atoms with E-state index in [0.29, 0.717) is 12.3 Å². The molecule has 5 heterocycles. The van der Waals surface area contributed by atoms with Crippen molar-refractivity contribution in [3.63, 3.8) is 0 Å². The highest BCUT2D eigenvalue weighted by molar-refractivity contribution is 5.91. The molecule has 0 saturated carbocycles. The summed E-state index contributed by atoms with van der Waals surface area (Å²) in [5.41, 5.74) is 2.83. The van der Waals surface area contributed by atoms with Crippen LogP contribution in [0.3, 0.4) is 0 Å². The van der Waals surface area contributed by atoms with Crippen LogP contribution in [-0.4, -0.2) is 76.9 Å². The fraction of sp³-hybridized carbons (Fsp3) is 0.367. The summed E-state index contributed by atoms with van der Waals surface area (Å²) in [5, 5.41) is 5.84. The summed E-state index contributed by atoms with van der Waals surface area (Å²) in [5.74, 6) is 2.81. The minimum absolute atomic E-state index is 0.245. The number of fused-ring (bicyclic) bond motifs is 2. The van der Waals surface area contributed by atoms with Gasteiger partial charge in [0.25, 0.3) is 0 Å². The number of hydrogen-bond donors (Lipinski definition) is 2. The number of imidazole rings is 1. The van der Waals surface area contributed by atoms with Crippen molar-refractivity contribution in [3.05, 3.63) is 73.2 Å². The van der Waals surface area contributed by atoms with Crippen molar-refractivity contribution in [1.82, 2.24) is 30.2 Å². The van der Waals surface area contributed by atoms with E-state index in [1.807, 2.05) is 12.1 Å². The lowest BCUT2D eigenvalue weighted by Crippen LogP contribution is -2.49. The summed E-state index contributed by atoms with van der Waals surface area (Å²) < 4.78 is 11.9. The Morgan fingerprint density at radius 1 is 1.00 bits per heavy atom. The average Bonchev–Trinajstić information content (AvgIpc) is 3.78. The van der Waals surface area contributed by atoms with E-state index >= 15 is 0 Å². The highest BCUT2D eigenvalue weighted by Gasteiger charge is 2.28. The van der Waals surface area contributed by atoms with Gasteiger partial charge in [-0.3, -0.25) is 10.2 Å². The minimum atomic E-state index is 0.245. The fourth-order valence-electron chi connectivity index (χ4n) is 5.91. The third-order valence-corrected chi connectivity index (χ3v) is 8.06. The van der Waals surface area contributed by atoms with Gasteiger partial charge in [0.2, 0.25) is 0 Å². The topological polar surface area (TPSA) is 98.6 Å². The van der Waals surface area contributed by atoms with Crippen molar-refractivity contribution in [3.8, 4) is 5.75 Å². The molecule has 2 N–H and O–H groups in total. The highest BCUT2D eigenvalue weighted by atomic mass is 16.5. The molecule has 0 aliphatic carbocycles. The van der Waals surface area contributed by atoms with Gasteiger partial charge in [0.1, 0.15) is 30.0 Å². The van der Waals surface area contributed by atoms with Crippen LogP contribution >= 0.6 is 0 Å². The molecule has 2 saturated heterocycles. The Morgan fingerprint density at radius 2 is 1.95 bits per heavy atom. The van der Waals surface area contributed by atoms with Gasteiger partial charge in [-0.1, -0.05) is 18.2 Å². The van der Waals surface area contributed by atoms with E-state index in [1.165, 1.54) is 11.1 Å². The number of piperazine rings is 1. The van der Waals surface area contributed by atoms with Crippen molar-refractivity contribution in [2.45, 2.75) is 25.4 Å². The van der Waals surface area contributed by atoms with Crippen LogP contribution in [0.15, 0.2) is 71.9 Å². The molecule has 2 fully saturated rings. The van der Waals surface area contributed by atoms with Crippen LogP contribution in [0, 0.1) is 0 Å². The Labute approximate surface area is 233 Å². The zero-order valence-electron chi connectivity index (χ0n) is 22.5. The zero-order chi connectivity index (χ0) is 26.7. The number of hydrogen-bond acceptors (Lipinski definition) is 9. The molecule has 1 atom stereocenters. The molecule has 10 heteroatoms. The Hall–Kier alpha value is -4.15. The maximum atomic E-state index is 6.53. The van der Waals surface area contributed by atoms with E-state index in [0.717, 1.165) is 87.0 Å². The van der Waals surface area contributed by atoms with Gasteiger partial charge in [0.15, 0.2) is 11.5 Å². The second-order valence-corrected chi connectivity index (χ2v) is 10.5. The number of rotatable bonds is 9. The van der Waals surface area contributed by atoms with Crippen molar-refractivity contribution < 1.29 is 9.15 Å². The summed E-state index contributed by atoms with van der Waals surface area (Å²) in [6.07, 6.45) is 7.17. The normalized spacial score (nSPS) is 18.2. The summed E-state index contributed by atoms with van der Waals surface area (Å²) >= 11 is 0. The maximum Gasteiger partial charge on any atom is 0.182 e. The third kappa shape index (κ3) is 5.07. The number of furan rings is 1. The molecule has 7 rings (SSSR count). The predicted molar refractivity (Wildman–Crippen MR) is 156 cm³/mol. The predicted octanol–water partition coefficient (Wildman–Crippen LogP) is 4.02. The molecule has 2 aromatic carbocycles. The van der Waals surface area contributed by atoms with Crippen molar-refractivity contribution in [2.75, 3.05) is 55.8 Å². The number of nitrogens with zero attached hydrogens (tertiary/aromatic N) is 6. The van der Waals surface area contributed by atoms with Crippen molar-refractivity contribution in [2.24, 2.45) is 0 Å². The van der Waals surface area contributed by atoms with Crippen molar-refractivity contribution in [1.29, 1.82) is 0 Å². The molecule has 0 radical (unpaired) electrons. The largest absolute Gasteiger partial charge is 0.491 e. The zero-order valence-corrected chi connectivity index (χ0v) is 22.5. The van der Waals surface area contributed by atoms with Gasteiger partial charge in [0, 0.05) is 50.5 Å². The van der Waals surface area contributed by atoms with E-state index in [-0.39, 0.29) is 6.04 Å². The van der Waals surface area contributed by atoms with E-state index in [1.54, 1.807) is 18.9 Å². The first kappa shape index (κ1) is 24.9. The second kappa shape index (κ2) is 11.1. The summed E-state index contributed by atoms with van der Waals surface area (Å²) in [4.78, 5) is 23.6.